The van der Waals surface area contributed by atoms with Gasteiger partial charge >= 0.3 is 0 Å². The van der Waals surface area contributed by atoms with Gasteiger partial charge in [0.1, 0.15) is 0 Å². The topological polar surface area (TPSA) is 50.8 Å². The Hall–Kier alpha value is -1.75. The van der Waals surface area contributed by atoms with Gasteiger partial charge < -0.3 is 19.7 Å². The van der Waals surface area contributed by atoms with Crippen LogP contribution in [0.3, 0.4) is 0 Å². The molecule has 1 heterocycles. The molecular weight excluding hydrogens is 304 g/mol. The molecule has 1 saturated carbocycles. The van der Waals surface area contributed by atoms with Crippen LogP contribution in [0.4, 0.5) is 0 Å². The first-order valence-corrected chi connectivity index (χ1v) is 8.82. The second kappa shape index (κ2) is 7.43. The highest BCUT2D eigenvalue weighted by Gasteiger charge is 2.34. The van der Waals surface area contributed by atoms with Crippen LogP contribution < -0.4 is 14.8 Å². The molecule has 0 bridgehead atoms. The van der Waals surface area contributed by atoms with Crippen molar-refractivity contribution in [2.45, 2.75) is 31.7 Å². The van der Waals surface area contributed by atoms with Crippen molar-refractivity contribution in [3.8, 4) is 11.5 Å². The first-order chi connectivity index (χ1) is 11.6. The van der Waals surface area contributed by atoms with Gasteiger partial charge in [-0.25, -0.2) is 0 Å². The van der Waals surface area contributed by atoms with Crippen molar-refractivity contribution in [2.24, 2.45) is 11.8 Å². The standard InChI is InChI=1S/C19H28N2O3/c1-21-9-8-13-10-16(6-4-15(13)12-21)20-19(22)14-5-7-17(23-2)18(11-14)24-3/h5,7,11,13,15-16H,4,6,8-10,12H2,1-3H3,(H,20,22). The molecule has 3 rings (SSSR count). The zero-order valence-electron chi connectivity index (χ0n) is 14.9. The van der Waals surface area contributed by atoms with E-state index in [2.05, 4.69) is 17.3 Å². The van der Waals surface area contributed by atoms with Crippen LogP contribution in [0.5, 0.6) is 11.5 Å². The number of benzene rings is 1. The molecule has 24 heavy (non-hydrogen) atoms. The summed E-state index contributed by atoms with van der Waals surface area (Å²) in [6.07, 6.45) is 4.65. The van der Waals surface area contributed by atoms with Gasteiger partial charge in [-0.15, -0.1) is 0 Å². The summed E-state index contributed by atoms with van der Waals surface area (Å²) in [5, 5.41) is 3.22. The summed E-state index contributed by atoms with van der Waals surface area (Å²) in [4.78, 5) is 15.0. The molecule has 1 aliphatic heterocycles. The van der Waals surface area contributed by atoms with Crippen LogP contribution in [-0.2, 0) is 0 Å². The molecule has 132 valence electrons. The quantitative estimate of drug-likeness (QED) is 0.921. The minimum atomic E-state index is -0.0210. The second-order valence-corrected chi connectivity index (χ2v) is 7.12. The number of ether oxygens (including phenoxy) is 2. The molecule has 5 heteroatoms. The van der Waals surface area contributed by atoms with Crippen molar-refractivity contribution in [3.63, 3.8) is 0 Å². The minimum Gasteiger partial charge on any atom is -0.493 e. The number of likely N-dealkylation sites (tertiary alicyclic amines) is 1. The van der Waals surface area contributed by atoms with Gasteiger partial charge in [0.2, 0.25) is 0 Å². The molecule has 5 nitrogen and oxygen atoms in total. The molecule has 2 aliphatic rings. The molecule has 2 fully saturated rings. The summed E-state index contributed by atoms with van der Waals surface area (Å²) in [5.74, 6) is 2.76. The molecule has 1 aromatic rings. The Morgan fingerprint density at radius 2 is 1.92 bits per heavy atom. The summed E-state index contributed by atoms with van der Waals surface area (Å²) in [5.41, 5.74) is 0.623. The molecular formula is C19H28N2O3. The smallest absolute Gasteiger partial charge is 0.251 e. The molecule has 3 unspecified atom stereocenters. The average molecular weight is 332 g/mol. The van der Waals surface area contributed by atoms with Crippen molar-refractivity contribution in [1.29, 1.82) is 0 Å². The number of nitrogens with one attached hydrogen (secondary N) is 1. The van der Waals surface area contributed by atoms with Crippen molar-refractivity contribution in [3.05, 3.63) is 23.8 Å². The Morgan fingerprint density at radius 1 is 1.12 bits per heavy atom. The number of fused-ring (bicyclic) bond motifs is 1. The van der Waals surface area contributed by atoms with Gasteiger partial charge in [0.15, 0.2) is 11.5 Å². The number of nitrogens with zero attached hydrogens (tertiary/aromatic N) is 1. The number of amides is 1. The number of methoxy groups -OCH3 is 2. The molecule has 1 aliphatic carbocycles. The number of rotatable bonds is 4. The Balaban J connectivity index is 1.61. The third-order valence-corrected chi connectivity index (χ3v) is 5.55. The van der Waals surface area contributed by atoms with Gasteiger partial charge in [-0.3, -0.25) is 4.79 Å². The van der Waals surface area contributed by atoms with Crippen molar-refractivity contribution in [1.82, 2.24) is 10.2 Å². The fraction of sp³-hybridized carbons (Fsp3) is 0.632. The average Bonchev–Trinajstić information content (AvgIpc) is 2.61. The minimum absolute atomic E-state index is 0.0210. The lowest BCUT2D eigenvalue weighted by Gasteiger charge is -2.42. The molecule has 0 aromatic heterocycles. The van der Waals surface area contributed by atoms with Crippen LogP contribution >= 0.6 is 0 Å². The lowest BCUT2D eigenvalue weighted by molar-refractivity contribution is 0.0771. The van der Waals surface area contributed by atoms with Crippen molar-refractivity contribution < 1.29 is 14.3 Å². The normalized spacial score (nSPS) is 27.2. The molecule has 0 radical (unpaired) electrons. The van der Waals surface area contributed by atoms with Crippen LogP contribution in [0.2, 0.25) is 0 Å². The maximum atomic E-state index is 12.6. The predicted molar refractivity (Wildman–Crippen MR) is 93.7 cm³/mol. The largest absolute Gasteiger partial charge is 0.493 e. The Morgan fingerprint density at radius 3 is 2.67 bits per heavy atom. The zero-order chi connectivity index (χ0) is 17.1. The number of hydrogen-bond acceptors (Lipinski definition) is 4. The predicted octanol–water partition coefficient (Wildman–Crippen LogP) is 2.55. The van der Waals surface area contributed by atoms with Crippen LogP contribution in [0.25, 0.3) is 0 Å². The first-order valence-electron chi connectivity index (χ1n) is 8.82. The second-order valence-electron chi connectivity index (χ2n) is 7.12. The van der Waals surface area contributed by atoms with Gasteiger partial charge in [-0.05, 0) is 69.3 Å². The fourth-order valence-electron chi connectivity index (χ4n) is 4.18. The number of carbonyl (C=O) groups is 1. The van der Waals surface area contributed by atoms with E-state index in [4.69, 9.17) is 9.47 Å². The van der Waals surface area contributed by atoms with Crippen LogP contribution in [0.1, 0.15) is 36.0 Å². The third kappa shape index (κ3) is 3.66. The zero-order valence-corrected chi connectivity index (χ0v) is 14.9. The van der Waals surface area contributed by atoms with Gasteiger partial charge in [0, 0.05) is 18.2 Å². The van der Waals surface area contributed by atoms with E-state index in [1.165, 1.54) is 25.9 Å². The highest BCUT2D eigenvalue weighted by atomic mass is 16.5. The van der Waals surface area contributed by atoms with Gasteiger partial charge in [0.25, 0.3) is 5.91 Å². The van der Waals surface area contributed by atoms with Crippen LogP contribution in [0.15, 0.2) is 18.2 Å². The Bertz CT molecular complexity index is 590. The molecule has 1 amide bonds. The van der Waals surface area contributed by atoms with E-state index in [1.54, 1.807) is 32.4 Å². The van der Waals surface area contributed by atoms with Gasteiger partial charge in [-0.2, -0.15) is 0 Å². The third-order valence-electron chi connectivity index (χ3n) is 5.55. The first kappa shape index (κ1) is 17.1. The monoisotopic (exact) mass is 332 g/mol. The summed E-state index contributed by atoms with van der Waals surface area (Å²) in [6.45, 7) is 2.39. The molecule has 1 N–H and O–H groups in total. The van der Waals surface area contributed by atoms with E-state index in [1.807, 2.05) is 0 Å². The van der Waals surface area contributed by atoms with Crippen molar-refractivity contribution >= 4 is 5.91 Å². The van der Waals surface area contributed by atoms with Gasteiger partial charge in [0.05, 0.1) is 14.2 Å². The number of hydrogen-bond donors (Lipinski definition) is 1. The number of piperidine rings is 1. The van der Waals surface area contributed by atoms with Gasteiger partial charge in [-0.1, -0.05) is 0 Å². The highest BCUT2D eigenvalue weighted by Crippen LogP contribution is 2.36. The Kier molecular flexibility index (Phi) is 5.29. The maximum Gasteiger partial charge on any atom is 0.251 e. The fourth-order valence-corrected chi connectivity index (χ4v) is 4.18. The highest BCUT2D eigenvalue weighted by molar-refractivity contribution is 5.95. The number of carbonyl (C=O) groups excluding carboxylic acids is 1. The maximum absolute atomic E-state index is 12.6. The van der Waals surface area contributed by atoms with E-state index in [-0.39, 0.29) is 11.9 Å². The van der Waals surface area contributed by atoms with E-state index < -0.39 is 0 Å². The summed E-state index contributed by atoms with van der Waals surface area (Å²) in [6, 6.07) is 5.60. The summed E-state index contributed by atoms with van der Waals surface area (Å²) in [7, 11) is 5.39. The summed E-state index contributed by atoms with van der Waals surface area (Å²) < 4.78 is 10.5. The van der Waals surface area contributed by atoms with E-state index in [9.17, 15) is 4.79 Å². The van der Waals surface area contributed by atoms with Crippen LogP contribution in [0, 0.1) is 11.8 Å². The lowest BCUT2D eigenvalue weighted by atomic mass is 9.73. The van der Waals surface area contributed by atoms with Crippen LogP contribution in [-0.4, -0.2) is 51.2 Å². The molecule has 3 atom stereocenters. The SMILES string of the molecule is COc1ccc(C(=O)NC2CCC3CN(C)CCC3C2)cc1OC. The molecule has 0 spiro atoms. The van der Waals surface area contributed by atoms with E-state index >= 15 is 0 Å². The molecule has 1 aromatic carbocycles. The summed E-state index contributed by atoms with van der Waals surface area (Å²) >= 11 is 0. The lowest BCUT2D eigenvalue weighted by Crippen LogP contribution is -2.46. The van der Waals surface area contributed by atoms with E-state index in [0.29, 0.717) is 17.1 Å². The Labute approximate surface area is 144 Å². The molecule has 1 saturated heterocycles. The van der Waals surface area contributed by atoms with Crippen molar-refractivity contribution in [2.75, 3.05) is 34.4 Å². The van der Waals surface area contributed by atoms with E-state index in [0.717, 1.165) is 24.7 Å².